The van der Waals surface area contributed by atoms with Gasteiger partial charge in [0, 0.05) is 25.2 Å². The molecule has 1 aliphatic heterocycles. The Bertz CT molecular complexity index is 419. The summed E-state index contributed by atoms with van der Waals surface area (Å²) in [4.78, 5) is 12.9. The molecule has 1 aromatic carbocycles. The summed E-state index contributed by atoms with van der Waals surface area (Å²) in [5, 5.41) is 2.35. The van der Waals surface area contributed by atoms with Gasteiger partial charge in [-0.2, -0.15) is 0 Å². The number of nitrogens with one attached hydrogen (secondary N) is 1. The minimum absolute atomic E-state index is 0.0104. The SMILES string of the molecule is NC1CN(C(=O)Nc2ccc(F)cc2F)C1. The molecule has 0 saturated carbocycles. The van der Waals surface area contributed by atoms with E-state index in [4.69, 9.17) is 5.73 Å². The third kappa shape index (κ3) is 2.11. The van der Waals surface area contributed by atoms with Gasteiger partial charge in [0.25, 0.3) is 0 Å². The molecular formula is C10H11F2N3O. The normalized spacial score (nSPS) is 15.8. The molecule has 1 heterocycles. The number of hydrogen-bond donors (Lipinski definition) is 2. The Kier molecular flexibility index (Phi) is 2.74. The Morgan fingerprint density at radius 3 is 2.69 bits per heavy atom. The largest absolute Gasteiger partial charge is 0.325 e. The summed E-state index contributed by atoms with van der Waals surface area (Å²) in [5.74, 6) is -1.47. The van der Waals surface area contributed by atoms with Crippen molar-refractivity contribution in [3.8, 4) is 0 Å². The van der Waals surface area contributed by atoms with Crippen LogP contribution in [0, 0.1) is 11.6 Å². The van der Waals surface area contributed by atoms with E-state index in [0.29, 0.717) is 13.1 Å². The number of anilines is 1. The first kappa shape index (κ1) is 10.8. The minimum atomic E-state index is -0.793. The molecule has 0 aromatic heterocycles. The predicted octanol–water partition coefficient (Wildman–Crippen LogP) is 1.14. The van der Waals surface area contributed by atoms with E-state index in [1.807, 2.05) is 0 Å². The summed E-state index contributed by atoms with van der Waals surface area (Å²) in [6.07, 6.45) is 0. The van der Waals surface area contributed by atoms with E-state index >= 15 is 0 Å². The van der Waals surface area contributed by atoms with Crippen molar-refractivity contribution in [1.82, 2.24) is 4.90 Å². The van der Waals surface area contributed by atoms with Crippen molar-refractivity contribution in [3.05, 3.63) is 29.8 Å². The molecule has 2 rings (SSSR count). The quantitative estimate of drug-likeness (QED) is 0.755. The molecule has 2 amide bonds. The molecule has 1 aromatic rings. The first-order valence-electron chi connectivity index (χ1n) is 4.83. The third-order valence-electron chi connectivity index (χ3n) is 2.37. The summed E-state index contributed by atoms with van der Waals surface area (Å²) >= 11 is 0. The molecule has 6 heteroatoms. The number of rotatable bonds is 1. The van der Waals surface area contributed by atoms with E-state index < -0.39 is 17.7 Å². The average molecular weight is 227 g/mol. The monoisotopic (exact) mass is 227 g/mol. The van der Waals surface area contributed by atoms with Crippen LogP contribution in [0.3, 0.4) is 0 Å². The minimum Gasteiger partial charge on any atom is -0.325 e. The standard InChI is InChI=1S/C10H11F2N3O/c11-6-1-2-9(8(12)3-6)14-10(16)15-4-7(13)5-15/h1-3,7H,4-5,13H2,(H,14,16). The van der Waals surface area contributed by atoms with Gasteiger partial charge in [0.05, 0.1) is 5.69 Å². The lowest BCUT2D eigenvalue weighted by Crippen LogP contribution is -2.58. The van der Waals surface area contributed by atoms with Crippen LogP contribution < -0.4 is 11.1 Å². The number of carbonyl (C=O) groups excluding carboxylic acids is 1. The fourth-order valence-electron chi connectivity index (χ4n) is 1.46. The Balaban J connectivity index is 2.01. The van der Waals surface area contributed by atoms with Gasteiger partial charge in [-0.15, -0.1) is 0 Å². The van der Waals surface area contributed by atoms with Gasteiger partial charge in [0.15, 0.2) is 0 Å². The van der Waals surface area contributed by atoms with Gasteiger partial charge in [-0.1, -0.05) is 0 Å². The third-order valence-corrected chi connectivity index (χ3v) is 2.37. The second-order valence-electron chi connectivity index (χ2n) is 3.72. The molecule has 4 nitrogen and oxygen atoms in total. The number of urea groups is 1. The summed E-state index contributed by atoms with van der Waals surface area (Å²) in [7, 11) is 0. The Morgan fingerprint density at radius 1 is 1.44 bits per heavy atom. The molecule has 0 radical (unpaired) electrons. The average Bonchev–Trinajstić information content (AvgIpc) is 2.17. The van der Waals surface area contributed by atoms with Crippen molar-refractivity contribution in [2.45, 2.75) is 6.04 Å². The summed E-state index contributed by atoms with van der Waals surface area (Å²) in [5.41, 5.74) is 5.47. The number of amides is 2. The van der Waals surface area contributed by atoms with E-state index in [-0.39, 0.29) is 11.7 Å². The molecule has 16 heavy (non-hydrogen) atoms. The number of benzene rings is 1. The number of nitrogens with two attached hydrogens (primary N) is 1. The maximum absolute atomic E-state index is 13.2. The van der Waals surface area contributed by atoms with Crippen LogP contribution >= 0.6 is 0 Å². The van der Waals surface area contributed by atoms with Crippen LogP contribution in [-0.4, -0.2) is 30.1 Å². The molecule has 0 unspecified atom stereocenters. The van der Waals surface area contributed by atoms with Gasteiger partial charge < -0.3 is 16.0 Å². The van der Waals surface area contributed by atoms with E-state index in [1.54, 1.807) is 0 Å². The van der Waals surface area contributed by atoms with E-state index in [0.717, 1.165) is 12.1 Å². The zero-order chi connectivity index (χ0) is 11.7. The molecule has 1 saturated heterocycles. The first-order valence-corrected chi connectivity index (χ1v) is 4.83. The van der Waals surface area contributed by atoms with Crippen LogP contribution in [-0.2, 0) is 0 Å². The lowest BCUT2D eigenvalue weighted by Gasteiger charge is -2.36. The van der Waals surface area contributed by atoms with E-state index in [9.17, 15) is 13.6 Å². The van der Waals surface area contributed by atoms with Crippen molar-refractivity contribution in [1.29, 1.82) is 0 Å². The maximum atomic E-state index is 13.2. The van der Waals surface area contributed by atoms with Crippen LogP contribution in [0.2, 0.25) is 0 Å². The van der Waals surface area contributed by atoms with Crippen molar-refractivity contribution in [2.24, 2.45) is 5.73 Å². The smallest absolute Gasteiger partial charge is 0.322 e. The van der Waals surface area contributed by atoms with Gasteiger partial charge in [0.2, 0.25) is 0 Å². The Morgan fingerprint density at radius 2 is 2.12 bits per heavy atom. The molecule has 86 valence electrons. The fraction of sp³-hybridized carbons (Fsp3) is 0.300. The van der Waals surface area contributed by atoms with Crippen LogP contribution in [0.25, 0.3) is 0 Å². The Labute approximate surface area is 91.0 Å². The second-order valence-corrected chi connectivity index (χ2v) is 3.72. The van der Waals surface area contributed by atoms with Crippen molar-refractivity contribution >= 4 is 11.7 Å². The second kappa shape index (κ2) is 4.05. The molecule has 0 spiro atoms. The summed E-state index contributed by atoms with van der Waals surface area (Å²) in [6.45, 7) is 0.906. The van der Waals surface area contributed by atoms with Gasteiger partial charge in [-0.05, 0) is 12.1 Å². The highest BCUT2D eigenvalue weighted by Crippen LogP contribution is 2.16. The Hall–Kier alpha value is -1.69. The van der Waals surface area contributed by atoms with Gasteiger partial charge in [-0.25, -0.2) is 13.6 Å². The van der Waals surface area contributed by atoms with Gasteiger partial charge in [-0.3, -0.25) is 0 Å². The molecule has 3 N–H and O–H groups in total. The molecule has 0 atom stereocenters. The molecule has 0 aliphatic carbocycles. The lowest BCUT2D eigenvalue weighted by molar-refractivity contribution is 0.165. The van der Waals surface area contributed by atoms with E-state index in [1.165, 1.54) is 11.0 Å². The molecular weight excluding hydrogens is 216 g/mol. The number of carbonyl (C=O) groups is 1. The fourth-order valence-corrected chi connectivity index (χ4v) is 1.46. The number of nitrogens with zero attached hydrogens (tertiary/aromatic N) is 1. The highest BCUT2D eigenvalue weighted by atomic mass is 19.1. The van der Waals surface area contributed by atoms with Crippen LogP contribution in [0.4, 0.5) is 19.3 Å². The van der Waals surface area contributed by atoms with Crippen LogP contribution in [0.5, 0.6) is 0 Å². The lowest BCUT2D eigenvalue weighted by atomic mass is 10.1. The van der Waals surface area contributed by atoms with Crippen molar-refractivity contribution < 1.29 is 13.6 Å². The predicted molar refractivity (Wildman–Crippen MR) is 54.9 cm³/mol. The topological polar surface area (TPSA) is 58.4 Å². The highest BCUT2D eigenvalue weighted by Gasteiger charge is 2.27. The number of likely N-dealkylation sites (tertiary alicyclic amines) is 1. The summed E-state index contributed by atoms with van der Waals surface area (Å²) < 4.78 is 25.8. The highest BCUT2D eigenvalue weighted by molar-refractivity contribution is 5.90. The van der Waals surface area contributed by atoms with Crippen LogP contribution in [0.1, 0.15) is 0 Å². The maximum Gasteiger partial charge on any atom is 0.322 e. The molecule has 1 fully saturated rings. The first-order chi connectivity index (χ1) is 7.56. The van der Waals surface area contributed by atoms with Gasteiger partial charge in [0.1, 0.15) is 11.6 Å². The zero-order valence-electron chi connectivity index (χ0n) is 8.41. The number of hydrogen-bond acceptors (Lipinski definition) is 2. The van der Waals surface area contributed by atoms with Crippen molar-refractivity contribution in [3.63, 3.8) is 0 Å². The summed E-state index contributed by atoms with van der Waals surface area (Å²) in [6, 6.07) is 2.55. The van der Waals surface area contributed by atoms with Gasteiger partial charge >= 0.3 is 6.03 Å². The molecule has 1 aliphatic rings. The zero-order valence-corrected chi connectivity index (χ0v) is 8.41. The van der Waals surface area contributed by atoms with Crippen LogP contribution in [0.15, 0.2) is 18.2 Å². The molecule has 0 bridgehead atoms. The number of halogens is 2. The van der Waals surface area contributed by atoms with Crippen molar-refractivity contribution in [2.75, 3.05) is 18.4 Å². The van der Waals surface area contributed by atoms with E-state index in [2.05, 4.69) is 5.32 Å².